The maximum Gasteiger partial charge on any atom is 0.228 e. The quantitative estimate of drug-likeness (QED) is 0.321. The number of carbonyl (C=O) groups is 1. The van der Waals surface area contributed by atoms with E-state index in [1.807, 2.05) is 60.7 Å². The first-order valence-corrected chi connectivity index (χ1v) is 12.9. The Morgan fingerprint density at radius 3 is 2.64 bits per heavy atom. The van der Waals surface area contributed by atoms with E-state index in [1.54, 1.807) is 18.0 Å². The molecular weight excluding hydrogens is 492 g/mol. The van der Waals surface area contributed by atoms with Crippen molar-refractivity contribution in [2.24, 2.45) is 5.41 Å². The lowest BCUT2D eigenvalue weighted by Crippen LogP contribution is -2.33. The first-order valence-electron chi connectivity index (χ1n) is 12.9. The SMILES string of the molecule is COc1ccc(C2C3=C(CC(C)(C)CC3=O)Oc3ncn4nc(-c5ccc6ccccc6c5O)nc4c32)cc1. The predicted molar refractivity (Wildman–Crippen MR) is 146 cm³/mol. The van der Waals surface area contributed by atoms with Gasteiger partial charge in [0, 0.05) is 29.7 Å². The Bertz CT molecular complexity index is 1840. The van der Waals surface area contributed by atoms with Gasteiger partial charge in [-0.25, -0.2) is 14.5 Å². The molecule has 1 aliphatic heterocycles. The molecule has 0 fully saturated rings. The second kappa shape index (κ2) is 8.39. The number of aromatic hydroxyl groups is 1. The van der Waals surface area contributed by atoms with Gasteiger partial charge in [0.05, 0.1) is 18.2 Å². The minimum atomic E-state index is -0.434. The van der Waals surface area contributed by atoms with Crippen LogP contribution in [0.1, 0.15) is 43.7 Å². The lowest BCUT2D eigenvalue weighted by atomic mass is 9.70. The van der Waals surface area contributed by atoms with E-state index < -0.39 is 5.92 Å². The summed E-state index contributed by atoms with van der Waals surface area (Å²) in [5.41, 5.74) is 3.05. The Hall–Kier alpha value is -4.72. The van der Waals surface area contributed by atoms with Crippen molar-refractivity contribution in [3.05, 3.63) is 89.5 Å². The smallest absolute Gasteiger partial charge is 0.228 e. The van der Waals surface area contributed by atoms with Crippen LogP contribution < -0.4 is 9.47 Å². The molecule has 3 aromatic carbocycles. The van der Waals surface area contributed by atoms with Crippen molar-refractivity contribution in [2.45, 2.75) is 32.6 Å². The van der Waals surface area contributed by atoms with Crippen molar-refractivity contribution in [3.8, 4) is 28.8 Å². The standard InChI is InChI=1S/C31H26N4O4/c1-31(2)14-22(36)25-23(15-31)39-30-26(24(25)18-8-11-19(38-3)12-9-18)29-33-28(34-35(29)16-32-30)21-13-10-17-6-4-5-7-20(17)27(21)37/h4-13,16,24,37H,14-15H2,1-3H3. The largest absolute Gasteiger partial charge is 0.507 e. The third kappa shape index (κ3) is 3.66. The normalized spacial score (nSPS) is 18.1. The van der Waals surface area contributed by atoms with E-state index in [-0.39, 0.29) is 16.9 Å². The summed E-state index contributed by atoms with van der Waals surface area (Å²) in [6.07, 6.45) is 2.63. The van der Waals surface area contributed by atoms with Crippen LogP contribution in [0.25, 0.3) is 27.8 Å². The Kier molecular flexibility index (Phi) is 5.04. The predicted octanol–water partition coefficient (Wildman–Crippen LogP) is 5.83. The van der Waals surface area contributed by atoms with Gasteiger partial charge < -0.3 is 14.6 Å². The number of hydrogen-bond donors (Lipinski definition) is 1. The molecule has 39 heavy (non-hydrogen) atoms. The van der Waals surface area contributed by atoms with E-state index in [9.17, 15) is 9.90 Å². The van der Waals surface area contributed by atoms with Crippen molar-refractivity contribution in [1.29, 1.82) is 0 Å². The zero-order chi connectivity index (χ0) is 26.9. The number of phenolic OH excluding ortho intramolecular Hbond substituents is 1. The van der Waals surface area contributed by atoms with Gasteiger partial charge in [0.25, 0.3) is 0 Å². The van der Waals surface area contributed by atoms with Crippen LogP contribution in [0, 0.1) is 5.41 Å². The number of allylic oxidation sites excluding steroid dienone is 2. The zero-order valence-corrected chi connectivity index (χ0v) is 21.8. The number of nitrogens with zero attached hydrogens (tertiary/aromatic N) is 4. The highest BCUT2D eigenvalue weighted by molar-refractivity contribution is 6.00. The summed E-state index contributed by atoms with van der Waals surface area (Å²) in [5.74, 6) is 1.89. The highest BCUT2D eigenvalue weighted by Gasteiger charge is 2.44. The van der Waals surface area contributed by atoms with Crippen LogP contribution in [-0.2, 0) is 4.79 Å². The van der Waals surface area contributed by atoms with E-state index in [0.717, 1.165) is 22.1 Å². The topological polar surface area (TPSA) is 98.8 Å². The second-order valence-electron chi connectivity index (χ2n) is 10.9. The van der Waals surface area contributed by atoms with Gasteiger partial charge in [-0.2, -0.15) is 0 Å². The van der Waals surface area contributed by atoms with Gasteiger partial charge >= 0.3 is 0 Å². The molecule has 2 aromatic heterocycles. The molecule has 5 aromatic rings. The lowest BCUT2D eigenvalue weighted by Gasteiger charge is -2.37. The molecule has 194 valence electrons. The third-order valence-electron chi connectivity index (χ3n) is 7.65. The van der Waals surface area contributed by atoms with Crippen LogP contribution >= 0.6 is 0 Å². The molecule has 0 saturated carbocycles. The third-order valence-corrected chi connectivity index (χ3v) is 7.65. The molecule has 7 rings (SSSR count). The fourth-order valence-corrected chi connectivity index (χ4v) is 5.82. The fourth-order valence-electron chi connectivity index (χ4n) is 5.82. The fraction of sp³-hybridized carbons (Fsp3) is 0.226. The Morgan fingerprint density at radius 2 is 1.85 bits per heavy atom. The van der Waals surface area contributed by atoms with Crippen molar-refractivity contribution in [1.82, 2.24) is 19.6 Å². The average Bonchev–Trinajstić information content (AvgIpc) is 3.36. The van der Waals surface area contributed by atoms with Gasteiger partial charge in [0.2, 0.25) is 5.88 Å². The average molecular weight is 519 g/mol. The van der Waals surface area contributed by atoms with Gasteiger partial charge in [-0.3, -0.25) is 4.79 Å². The van der Waals surface area contributed by atoms with Gasteiger partial charge in [-0.15, -0.1) is 5.10 Å². The Labute approximate surface area is 224 Å². The molecule has 3 heterocycles. The van der Waals surface area contributed by atoms with E-state index in [0.29, 0.717) is 52.7 Å². The maximum atomic E-state index is 13.6. The minimum Gasteiger partial charge on any atom is -0.507 e. The Morgan fingerprint density at radius 1 is 1.05 bits per heavy atom. The van der Waals surface area contributed by atoms with Gasteiger partial charge in [-0.05, 0) is 34.6 Å². The number of aromatic nitrogens is 4. The minimum absolute atomic E-state index is 0.0571. The molecule has 0 spiro atoms. The first kappa shape index (κ1) is 23.4. The van der Waals surface area contributed by atoms with E-state index in [1.165, 1.54) is 0 Å². The monoisotopic (exact) mass is 518 g/mol. The van der Waals surface area contributed by atoms with Crippen molar-refractivity contribution >= 4 is 22.2 Å². The van der Waals surface area contributed by atoms with Crippen molar-refractivity contribution in [3.63, 3.8) is 0 Å². The van der Waals surface area contributed by atoms with E-state index >= 15 is 0 Å². The molecule has 0 bridgehead atoms. The number of carbonyl (C=O) groups excluding carboxylic acids is 1. The van der Waals surface area contributed by atoms with E-state index in [2.05, 4.69) is 23.9 Å². The second-order valence-corrected chi connectivity index (χ2v) is 10.9. The van der Waals surface area contributed by atoms with Crippen LogP contribution in [0.3, 0.4) is 0 Å². The summed E-state index contributed by atoms with van der Waals surface area (Å²) in [6.45, 7) is 4.15. The summed E-state index contributed by atoms with van der Waals surface area (Å²) in [7, 11) is 1.62. The lowest BCUT2D eigenvalue weighted by molar-refractivity contribution is -0.118. The van der Waals surface area contributed by atoms with Gasteiger partial charge in [-0.1, -0.05) is 56.3 Å². The van der Waals surface area contributed by atoms with Crippen molar-refractivity contribution < 1.29 is 19.4 Å². The van der Waals surface area contributed by atoms with Gasteiger partial charge in [0.15, 0.2) is 17.3 Å². The highest BCUT2D eigenvalue weighted by Crippen LogP contribution is 2.50. The number of methoxy groups -OCH3 is 1. The molecule has 1 unspecified atom stereocenters. The van der Waals surface area contributed by atoms with Gasteiger partial charge in [0.1, 0.15) is 23.6 Å². The molecule has 8 heteroatoms. The molecule has 1 aliphatic carbocycles. The van der Waals surface area contributed by atoms with Crippen molar-refractivity contribution in [2.75, 3.05) is 7.11 Å². The summed E-state index contributed by atoms with van der Waals surface area (Å²) in [4.78, 5) is 23.1. The number of Topliss-reactive ketones (excluding diaryl/α,β-unsaturated/α-hetero) is 1. The molecule has 0 saturated heterocycles. The zero-order valence-electron chi connectivity index (χ0n) is 21.8. The summed E-state index contributed by atoms with van der Waals surface area (Å²) < 4.78 is 13.3. The highest BCUT2D eigenvalue weighted by atomic mass is 16.5. The number of fused-ring (bicyclic) bond motifs is 4. The number of ketones is 1. The molecular formula is C31H26N4O4. The molecule has 0 amide bonds. The van der Waals surface area contributed by atoms with Crippen LogP contribution in [-0.4, -0.2) is 37.6 Å². The molecule has 1 N–H and O–H groups in total. The summed E-state index contributed by atoms with van der Waals surface area (Å²) in [6, 6.07) is 19.1. The number of rotatable bonds is 3. The van der Waals surface area contributed by atoms with Crippen LogP contribution in [0.4, 0.5) is 0 Å². The van der Waals surface area contributed by atoms with Crippen LogP contribution in [0.5, 0.6) is 17.4 Å². The number of benzene rings is 3. The van der Waals surface area contributed by atoms with Crippen LogP contribution in [0.2, 0.25) is 0 Å². The number of phenols is 1. The summed E-state index contributed by atoms with van der Waals surface area (Å²) >= 11 is 0. The summed E-state index contributed by atoms with van der Waals surface area (Å²) in [5, 5.41) is 17.4. The Balaban J connectivity index is 1.45. The molecule has 2 aliphatic rings. The van der Waals surface area contributed by atoms with Crippen LogP contribution in [0.15, 0.2) is 78.3 Å². The number of hydrogen-bond acceptors (Lipinski definition) is 7. The van der Waals surface area contributed by atoms with E-state index in [4.69, 9.17) is 14.5 Å². The molecule has 1 atom stereocenters. The molecule has 0 radical (unpaired) electrons. The maximum absolute atomic E-state index is 13.6. The first-order chi connectivity index (χ1) is 18.8. The number of ether oxygens (including phenoxy) is 2. The molecule has 8 nitrogen and oxygen atoms in total.